The monoisotopic (exact) mass is 806 g/mol. The predicted octanol–water partition coefficient (Wildman–Crippen LogP) is 6.22. The first-order chi connectivity index (χ1) is 25.8. The van der Waals surface area contributed by atoms with Crippen LogP contribution < -0.4 is 31.1 Å². The third-order valence-electron chi connectivity index (χ3n) is 11.7. The van der Waals surface area contributed by atoms with E-state index in [1.807, 2.05) is 0 Å². The van der Waals surface area contributed by atoms with Crippen LogP contribution in [0.1, 0.15) is 66.8 Å². The van der Waals surface area contributed by atoms with Crippen molar-refractivity contribution in [2.75, 3.05) is 0 Å². The third-order valence-corrected chi connectivity index (χ3v) is 19.2. The van der Waals surface area contributed by atoms with Crippen LogP contribution in [0.3, 0.4) is 0 Å². The van der Waals surface area contributed by atoms with E-state index < -0.39 is 31.2 Å². The van der Waals surface area contributed by atoms with E-state index in [-0.39, 0.29) is 0 Å². The van der Waals surface area contributed by atoms with Crippen molar-refractivity contribution in [3.8, 4) is 0 Å². The number of aryl methyl sites for hydroxylation is 6. The van der Waals surface area contributed by atoms with Crippen molar-refractivity contribution in [2.24, 2.45) is 0 Å². The van der Waals surface area contributed by atoms with Gasteiger partial charge in [0.2, 0.25) is 0 Å². The average Bonchev–Trinajstić information content (AvgIpc) is 3.12. The van der Waals surface area contributed by atoms with Crippen LogP contribution in [0.25, 0.3) is 0 Å². The van der Waals surface area contributed by atoms with Crippen molar-refractivity contribution in [2.45, 2.75) is 83.1 Å². The Hall–Kier alpha value is -4.19. The number of hydrogen-bond donors (Lipinski definition) is 2. The molecule has 0 aliphatic carbocycles. The molecule has 0 saturated carbocycles. The van der Waals surface area contributed by atoms with E-state index in [4.69, 9.17) is 15.9 Å². The molecule has 0 aliphatic rings. The Morgan fingerprint density at radius 2 is 0.436 bits per heavy atom. The Labute approximate surface area is 335 Å². The zero-order valence-corrected chi connectivity index (χ0v) is 38.3. The Kier molecular flexibility index (Phi) is 14.7. The van der Waals surface area contributed by atoms with Gasteiger partial charge < -0.3 is 0 Å². The van der Waals surface area contributed by atoms with Gasteiger partial charge in [0, 0.05) is 0 Å². The molecular weight excluding hydrogens is 749 g/mol. The summed E-state index contributed by atoms with van der Waals surface area (Å²) in [5.41, 5.74) is 17.1. The van der Waals surface area contributed by atoms with Gasteiger partial charge in [-0.2, -0.15) is 0 Å². The fourth-order valence-corrected chi connectivity index (χ4v) is 15.3. The van der Waals surface area contributed by atoms with Crippen LogP contribution in [0.4, 0.5) is 0 Å². The molecule has 2 N–H and O–H groups in total. The minimum atomic E-state index is -5.25. The predicted molar refractivity (Wildman–Crippen MR) is 233 cm³/mol. The molecule has 0 heterocycles. The van der Waals surface area contributed by atoms with E-state index >= 15 is 0 Å². The van der Waals surface area contributed by atoms with E-state index in [9.17, 15) is 0 Å². The zero-order valence-electron chi connectivity index (χ0n) is 34.7. The second-order valence-electron chi connectivity index (χ2n) is 15.0. The summed E-state index contributed by atoms with van der Waals surface area (Å²) in [6.45, 7) is 27.2. The summed E-state index contributed by atoms with van der Waals surface area (Å²) < 4.78 is 31.9. The molecule has 0 atom stereocenters. The molecule has 288 valence electrons. The van der Waals surface area contributed by atoms with E-state index in [0.29, 0.717) is 0 Å². The van der Waals surface area contributed by atoms with Gasteiger partial charge in [-0.25, -0.2) is 0 Å². The van der Waals surface area contributed by atoms with Crippen LogP contribution in [-0.4, -0.2) is 25.9 Å². The van der Waals surface area contributed by atoms with Crippen LogP contribution in [0.15, 0.2) is 109 Å². The van der Waals surface area contributed by atoms with E-state index in [1.165, 1.54) is 66.8 Å². The Morgan fingerprint density at radius 3 is 0.564 bits per heavy atom. The molecule has 0 fully saturated rings. The zero-order chi connectivity index (χ0) is 40.8. The standard InChI is InChI=1S/2C24H28Si.Cr.2H2O.2O/c2*1-16-10-7-13-22(19(16)4)25(23-14-8-11-17(2)20(23)5)24-15-9-12-18(3)21(24)6;;;;;/h2*7-15,25H,1-6H3;;2*1H2;;/q;;+2;;;;/p-2. The second-order valence-corrected chi connectivity index (χ2v) is 21.9. The van der Waals surface area contributed by atoms with Crippen LogP contribution in [0, 0.1) is 83.1 Å². The van der Waals surface area contributed by atoms with Gasteiger partial charge in [0.25, 0.3) is 0 Å². The van der Waals surface area contributed by atoms with Crippen molar-refractivity contribution >= 4 is 48.7 Å². The first-order valence-corrected chi connectivity index (χ1v) is 24.5. The third kappa shape index (κ3) is 10.6. The molecule has 7 heteroatoms. The molecule has 55 heavy (non-hydrogen) atoms. The molecule has 0 radical (unpaired) electrons. The maximum atomic E-state index is 8.82. The summed E-state index contributed by atoms with van der Waals surface area (Å²) in [7, 11) is -3.02. The molecule has 0 bridgehead atoms. The molecule has 0 aromatic heterocycles. The molecule has 0 spiro atoms. The second kappa shape index (κ2) is 18.6. The first kappa shape index (κ1) is 43.5. The van der Waals surface area contributed by atoms with Crippen molar-refractivity contribution in [3.63, 3.8) is 0 Å². The average molecular weight is 807 g/mol. The summed E-state index contributed by atoms with van der Waals surface area (Å²) >= 11 is -5.25. The van der Waals surface area contributed by atoms with Crippen LogP contribution in [0.2, 0.25) is 0 Å². The van der Waals surface area contributed by atoms with Crippen molar-refractivity contribution in [3.05, 3.63) is 176 Å². The quantitative estimate of drug-likeness (QED) is 0.155. The summed E-state index contributed by atoms with van der Waals surface area (Å²) in [4.78, 5) is 0. The first-order valence-electron chi connectivity index (χ1n) is 18.9. The summed E-state index contributed by atoms with van der Waals surface area (Å²) in [5, 5.41) is 9.35. The fraction of sp³-hybridized carbons (Fsp3) is 0.250. The van der Waals surface area contributed by atoms with Crippen LogP contribution in [-0.2, 0) is 21.2 Å². The number of benzene rings is 6. The summed E-state index contributed by atoms with van der Waals surface area (Å²) in [6.07, 6.45) is 0. The molecule has 6 aromatic rings. The Morgan fingerprint density at radius 1 is 0.309 bits per heavy atom. The summed E-state index contributed by atoms with van der Waals surface area (Å²) in [5.74, 6) is 0. The SMILES string of the molecule is Cc1cccc([SiH](c2cccc(C)c2C)c2cccc(C)c2C)c1C.Cc1cccc([SiH](c2cccc(C)c2C)c2cccc(C)c2C)c1C.[O]=[Cr](=[O])([OH])[OH]. The van der Waals surface area contributed by atoms with Gasteiger partial charge in [0.05, 0.1) is 0 Å². The van der Waals surface area contributed by atoms with E-state index in [0.717, 1.165) is 0 Å². The minimum absolute atomic E-state index is 1.39. The molecule has 0 saturated heterocycles. The molecule has 0 amide bonds. The molecule has 4 nitrogen and oxygen atoms in total. The van der Waals surface area contributed by atoms with Crippen LogP contribution >= 0.6 is 0 Å². The fourth-order valence-electron chi connectivity index (χ4n) is 7.52. The molecule has 0 unspecified atom stereocenters. The molecule has 6 rings (SSSR count). The van der Waals surface area contributed by atoms with Gasteiger partial charge >= 0.3 is 29.5 Å². The number of rotatable bonds is 6. The van der Waals surface area contributed by atoms with Crippen LogP contribution in [0.5, 0.6) is 0 Å². The van der Waals surface area contributed by atoms with Crippen molar-refractivity contribution in [1.29, 1.82) is 0 Å². The van der Waals surface area contributed by atoms with Gasteiger partial charge in [-0.05, 0) is 181 Å². The Balaban J connectivity index is 0.000000218. The number of hydrogen-bond acceptors (Lipinski definition) is 2. The maximum absolute atomic E-state index is 8.82. The van der Waals surface area contributed by atoms with E-state index in [1.54, 1.807) is 31.1 Å². The molecule has 0 aliphatic heterocycles. The van der Waals surface area contributed by atoms with Gasteiger partial charge in [-0.3, -0.25) is 0 Å². The van der Waals surface area contributed by atoms with Crippen molar-refractivity contribution in [1.82, 2.24) is 0 Å². The van der Waals surface area contributed by atoms with Gasteiger partial charge in [0.15, 0.2) is 0 Å². The van der Waals surface area contributed by atoms with E-state index in [2.05, 4.69) is 192 Å². The van der Waals surface area contributed by atoms with Crippen molar-refractivity contribution < 1.29 is 29.5 Å². The topological polar surface area (TPSA) is 74.6 Å². The van der Waals surface area contributed by atoms with Gasteiger partial charge in [0.1, 0.15) is 17.6 Å². The summed E-state index contributed by atoms with van der Waals surface area (Å²) in [6, 6.07) is 41.0. The molecule has 6 aromatic carbocycles. The normalized spacial score (nSPS) is 11.2. The van der Waals surface area contributed by atoms with Gasteiger partial charge in [-0.15, -0.1) is 0 Å². The molecular formula is C48H58CrO4Si2. The Bertz CT molecular complexity index is 2010. The van der Waals surface area contributed by atoms with Gasteiger partial charge in [-0.1, -0.05) is 109 Å².